The highest BCUT2D eigenvalue weighted by Crippen LogP contribution is 2.31. The number of nitrogens with one attached hydrogen (secondary N) is 1. The molecule has 1 aromatic heterocycles. The Morgan fingerprint density at radius 1 is 1.19 bits per heavy atom. The fraction of sp³-hybridized carbons (Fsp3) is 0.231. The molecule has 0 bridgehead atoms. The van der Waals surface area contributed by atoms with Gasteiger partial charge in [0.15, 0.2) is 0 Å². The highest BCUT2D eigenvalue weighted by Gasteiger charge is 2.30. The Labute approximate surface area is 117 Å². The number of benzene rings is 1. The van der Waals surface area contributed by atoms with Gasteiger partial charge in [0.25, 0.3) is 5.88 Å². The monoisotopic (exact) mass is 301 g/mol. The second kappa shape index (κ2) is 5.94. The van der Waals surface area contributed by atoms with E-state index in [2.05, 4.69) is 15.3 Å². The molecule has 112 valence electrons. The van der Waals surface area contributed by atoms with E-state index in [0.717, 1.165) is 30.5 Å². The first kappa shape index (κ1) is 15.0. The quantitative estimate of drug-likeness (QED) is 0.871. The highest BCUT2D eigenvalue weighted by atomic mass is 19.4. The van der Waals surface area contributed by atoms with Gasteiger partial charge in [0, 0.05) is 6.54 Å². The normalized spacial score (nSPS) is 11.3. The molecule has 4 nitrogen and oxygen atoms in total. The van der Waals surface area contributed by atoms with Crippen LogP contribution in [0.15, 0.2) is 30.5 Å². The summed E-state index contributed by atoms with van der Waals surface area (Å²) >= 11 is 0. The summed E-state index contributed by atoms with van der Waals surface area (Å²) in [7, 11) is 0. The first-order valence-corrected chi connectivity index (χ1v) is 6.01. The molecule has 1 heterocycles. The summed E-state index contributed by atoms with van der Waals surface area (Å²) in [6.07, 6.45) is -3.51. The Hall–Kier alpha value is -2.38. The molecule has 0 spiro atoms. The van der Waals surface area contributed by atoms with Crippen molar-refractivity contribution >= 4 is 5.95 Å². The van der Waals surface area contributed by atoms with E-state index in [-0.39, 0.29) is 17.6 Å². The second-order valence-corrected chi connectivity index (χ2v) is 4.00. The minimum Gasteiger partial charge on any atom is -0.436 e. The summed E-state index contributed by atoms with van der Waals surface area (Å²) in [4.78, 5) is 7.48. The van der Waals surface area contributed by atoms with E-state index in [1.165, 1.54) is 0 Å². The Morgan fingerprint density at radius 2 is 1.86 bits per heavy atom. The van der Waals surface area contributed by atoms with Crippen molar-refractivity contribution in [2.24, 2.45) is 0 Å². The van der Waals surface area contributed by atoms with Gasteiger partial charge >= 0.3 is 6.18 Å². The second-order valence-electron chi connectivity index (χ2n) is 4.00. The van der Waals surface area contributed by atoms with Crippen LogP contribution in [-0.2, 0) is 6.18 Å². The number of nitrogens with zero attached hydrogens (tertiary/aromatic N) is 2. The van der Waals surface area contributed by atoms with Gasteiger partial charge in [-0.1, -0.05) is 0 Å². The van der Waals surface area contributed by atoms with Crippen LogP contribution in [0.2, 0.25) is 0 Å². The number of alkyl halides is 3. The molecule has 0 atom stereocenters. The molecule has 2 aromatic rings. The van der Waals surface area contributed by atoms with Crippen molar-refractivity contribution in [2.75, 3.05) is 11.9 Å². The molecule has 2 rings (SSSR count). The summed E-state index contributed by atoms with van der Waals surface area (Å²) in [6.45, 7) is 2.34. The molecule has 0 unspecified atom stereocenters. The van der Waals surface area contributed by atoms with E-state index in [1.54, 1.807) is 0 Å². The molecule has 0 aliphatic carbocycles. The molecule has 0 saturated carbocycles. The van der Waals surface area contributed by atoms with Gasteiger partial charge in [0.2, 0.25) is 11.8 Å². The van der Waals surface area contributed by atoms with Crippen LogP contribution in [0.1, 0.15) is 12.5 Å². The lowest BCUT2D eigenvalue weighted by molar-refractivity contribution is -0.137. The van der Waals surface area contributed by atoms with Gasteiger partial charge in [0.05, 0.1) is 11.8 Å². The van der Waals surface area contributed by atoms with Gasteiger partial charge in [-0.05, 0) is 31.2 Å². The summed E-state index contributed by atoms with van der Waals surface area (Å²) in [5.41, 5.74) is -0.814. The largest absolute Gasteiger partial charge is 0.436 e. The smallest absolute Gasteiger partial charge is 0.416 e. The lowest BCUT2D eigenvalue weighted by atomic mass is 10.2. The Bertz CT molecular complexity index is 614. The number of aromatic nitrogens is 2. The van der Waals surface area contributed by atoms with E-state index >= 15 is 0 Å². The topological polar surface area (TPSA) is 47.0 Å². The third-order valence-corrected chi connectivity index (χ3v) is 2.44. The van der Waals surface area contributed by atoms with Gasteiger partial charge in [-0.25, -0.2) is 4.98 Å². The van der Waals surface area contributed by atoms with Crippen LogP contribution >= 0.6 is 0 Å². The summed E-state index contributed by atoms with van der Waals surface area (Å²) in [5.74, 6) is -0.957. The molecule has 0 saturated heterocycles. The first-order valence-electron chi connectivity index (χ1n) is 6.01. The van der Waals surface area contributed by atoms with Crippen LogP contribution in [-0.4, -0.2) is 16.5 Å². The highest BCUT2D eigenvalue weighted by molar-refractivity contribution is 5.34. The standard InChI is InChI=1S/C13H11F4N3O/c1-2-18-12-19-7-10(14)11(20-12)21-9-5-3-8(4-6-9)13(15,16)17/h3-7H,2H2,1H3,(H,18,19,20). The maximum absolute atomic E-state index is 13.5. The molecular formula is C13H11F4N3O. The third-order valence-electron chi connectivity index (χ3n) is 2.44. The molecule has 1 aromatic carbocycles. The van der Waals surface area contributed by atoms with E-state index in [4.69, 9.17) is 4.74 Å². The number of ether oxygens (including phenoxy) is 1. The fourth-order valence-corrected chi connectivity index (χ4v) is 1.49. The van der Waals surface area contributed by atoms with Gasteiger partial charge in [-0.3, -0.25) is 0 Å². The van der Waals surface area contributed by atoms with E-state index < -0.39 is 17.6 Å². The lowest BCUT2D eigenvalue weighted by Crippen LogP contribution is -2.05. The zero-order valence-corrected chi connectivity index (χ0v) is 10.9. The summed E-state index contributed by atoms with van der Waals surface area (Å²) in [6, 6.07) is 3.88. The third kappa shape index (κ3) is 3.80. The lowest BCUT2D eigenvalue weighted by Gasteiger charge is -2.09. The Morgan fingerprint density at radius 3 is 2.43 bits per heavy atom. The number of halogens is 4. The maximum atomic E-state index is 13.5. The van der Waals surface area contributed by atoms with Gasteiger partial charge in [-0.2, -0.15) is 22.5 Å². The van der Waals surface area contributed by atoms with Gasteiger partial charge < -0.3 is 10.1 Å². The average Bonchev–Trinajstić information content (AvgIpc) is 2.42. The summed E-state index contributed by atoms with van der Waals surface area (Å²) in [5, 5.41) is 2.77. The van der Waals surface area contributed by atoms with Crippen molar-refractivity contribution < 1.29 is 22.3 Å². The SMILES string of the molecule is CCNc1ncc(F)c(Oc2ccc(C(F)(F)F)cc2)n1. The average molecular weight is 301 g/mol. The zero-order valence-electron chi connectivity index (χ0n) is 10.9. The minimum absolute atomic E-state index is 0.0445. The predicted molar refractivity (Wildman–Crippen MR) is 67.7 cm³/mol. The predicted octanol–water partition coefficient (Wildman–Crippen LogP) is 3.86. The first-order chi connectivity index (χ1) is 9.90. The number of rotatable bonds is 4. The van der Waals surface area contributed by atoms with Crippen LogP contribution in [0.5, 0.6) is 11.6 Å². The van der Waals surface area contributed by atoms with Crippen LogP contribution in [0, 0.1) is 5.82 Å². The zero-order chi connectivity index (χ0) is 15.5. The van der Waals surface area contributed by atoms with Crippen molar-refractivity contribution in [1.82, 2.24) is 9.97 Å². The molecule has 0 aliphatic rings. The van der Waals surface area contributed by atoms with E-state index in [9.17, 15) is 17.6 Å². The van der Waals surface area contributed by atoms with E-state index in [0.29, 0.717) is 6.54 Å². The Kier molecular flexibility index (Phi) is 4.25. The molecule has 0 amide bonds. The minimum atomic E-state index is -4.43. The fourth-order valence-electron chi connectivity index (χ4n) is 1.49. The molecule has 8 heteroatoms. The van der Waals surface area contributed by atoms with Crippen LogP contribution in [0.3, 0.4) is 0 Å². The van der Waals surface area contributed by atoms with Crippen molar-refractivity contribution in [3.05, 3.63) is 41.8 Å². The van der Waals surface area contributed by atoms with Crippen LogP contribution in [0.25, 0.3) is 0 Å². The summed E-state index contributed by atoms with van der Waals surface area (Å²) < 4.78 is 55.9. The molecule has 1 N–H and O–H groups in total. The molecule has 21 heavy (non-hydrogen) atoms. The van der Waals surface area contributed by atoms with Crippen molar-refractivity contribution in [3.63, 3.8) is 0 Å². The van der Waals surface area contributed by atoms with Crippen molar-refractivity contribution in [1.29, 1.82) is 0 Å². The van der Waals surface area contributed by atoms with E-state index in [1.807, 2.05) is 6.92 Å². The van der Waals surface area contributed by atoms with Crippen molar-refractivity contribution in [2.45, 2.75) is 13.1 Å². The van der Waals surface area contributed by atoms with Crippen LogP contribution in [0.4, 0.5) is 23.5 Å². The van der Waals surface area contributed by atoms with Crippen LogP contribution < -0.4 is 10.1 Å². The maximum Gasteiger partial charge on any atom is 0.416 e. The molecule has 0 radical (unpaired) electrons. The number of hydrogen-bond donors (Lipinski definition) is 1. The number of hydrogen-bond acceptors (Lipinski definition) is 4. The molecule has 0 aliphatic heterocycles. The number of anilines is 1. The van der Waals surface area contributed by atoms with Gasteiger partial charge in [0.1, 0.15) is 5.75 Å². The van der Waals surface area contributed by atoms with Gasteiger partial charge in [-0.15, -0.1) is 0 Å². The molecular weight excluding hydrogens is 290 g/mol. The van der Waals surface area contributed by atoms with Crippen molar-refractivity contribution in [3.8, 4) is 11.6 Å². The molecule has 0 fully saturated rings. The Balaban J connectivity index is 2.20.